The Morgan fingerprint density at radius 1 is 1.57 bits per heavy atom. The van der Waals surface area contributed by atoms with E-state index in [1.807, 2.05) is 16.8 Å². The monoisotopic (exact) mass is 338 g/mol. The lowest BCUT2D eigenvalue weighted by Crippen LogP contribution is -2.27. The summed E-state index contributed by atoms with van der Waals surface area (Å²) in [6, 6.07) is 1.88. The zero-order chi connectivity index (χ0) is 16.1. The molecule has 1 saturated heterocycles. The van der Waals surface area contributed by atoms with Gasteiger partial charge in [-0.05, 0) is 31.2 Å². The lowest BCUT2D eigenvalue weighted by Gasteiger charge is -2.14. The standard InChI is InChI=1S/C15H18N2O5S/c1-10(20-7-12-3-2-5-19-12)15(18)21-8-13-16-14(22-17-13)11-4-6-23-9-11/h4,6,9-10,12H,2-3,5,7-8H2,1H3. The minimum atomic E-state index is -0.651. The molecule has 7 nitrogen and oxygen atoms in total. The van der Waals surface area contributed by atoms with E-state index in [9.17, 15) is 4.79 Å². The van der Waals surface area contributed by atoms with E-state index in [4.69, 9.17) is 18.7 Å². The summed E-state index contributed by atoms with van der Waals surface area (Å²) in [5.41, 5.74) is 0.855. The molecule has 1 aliphatic heterocycles. The van der Waals surface area contributed by atoms with E-state index in [1.165, 1.54) is 0 Å². The molecule has 2 atom stereocenters. The summed E-state index contributed by atoms with van der Waals surface area (Å²) in [5, 5.41) is 7.62. The van der Waals surface area contributed by atoms with Crippen molar-refractivity contribution in [2.75, 3.05) is 13.2 Å². The minimum absolute atomic E-state index is 0.0416. The van der Waals surface area contributed by atoms with Crippen molar-refractivity contribution < 1.29 is 23.5 Å². The van der Waals surface area contributed by atoms with Crippen LogP contribution in [-0.4, -0.2) is 41.5 Å². The van der Waals surface area contributed by atoms with E-state index in [0.717, 1.165) is 25.0 Å². The summed E-state index contributed by atoms with van der Waals surface area (Å²) in [4.78, 5) is 16.1. The molecule has 0 bridgehead atoms. The van der Waals surface area contributed by atoms with Gasteiger partial charge in [0.05, 0.1) is 18.3 Å². The fraction of sp³-hybridized carbons (Fsp3) is 0.533. The van der Waals surface area contributed by atoms with Crippen molar-refractivity contribution in [2.45, 2.75) is 38.6 Å². The van der Waals surface area contributed by atoms with Crippen LogP contribution < -0.4 is 0 Å². The van der Waals surface area contributed by atoms with Gasteiger partial charge in [-0.15, -0.1) is 0 Å². The molecule has 0 aromatic carbocycles. The van der Waals surface area contributed by atoms with Gasteiger partial charge in [0.25, 0.3) is 5.89 Å². The zero-order valence-electron chi connectivity index (χ0n) is 12.8. The Morgan fingerprint density at radius 2 is 2.48 bits per heavy atom. The highest BCUT2D eigenvalue weighted by molar-refractivity contribution is 7.08. The maximum absolute atomic E-state index is 11.9. The van der Waals surface area contributed by atoms with Crippen LogP contribution in [0, 0.1) is 0 Å². The zero-order valence-corrected chi connectivity index (χ0v) is 13.6. The largest absolute Gasteiger partial charge is 0.455 e. The first kappa shape index (κ1) is 16.1. The van der Waals surface area contributed by atoms with Gasteiger partial charge in [0.1, 0.15) is 0 Å². The van der Waals surface area contributed by atoms with E-state index in [0.29, 0.717) is 18.3 Å². The second-order valence-electron chi connectivity index (χ2n) is 5.25. The Morgan fingerprint density at radius 3 is 3.22 bits per heavy atom. The van der Waals surface area contributed by atoms with E-state index in [1.54, 1.807) is 18.3 Å². The van der Waals surface area contributed by atoms with Crippen molar-refractivity contribution in [3.63, 3.8) is 0 Å². The number of thiophene rings is 1. The van der Waals surface area contributed by atoms with E-state index >= 15 is 0 Å². The van der Waals surface area contributed by atoms with Gasteiger partial charge < -0.3 is 18.7 Å². The first-order valence-electron chi connectivity index (χ1n) is 7.47. The molecule has 2 aromatic rings. The van der Waals surface area contributed by atoms with Gasteiger partial charge in [0.15, 0.2) is 12.7 Å². The molecule has 3 rings (SSSR count). The molecule has 0 saturated carbocycles. The molecule has 0 aliphatic carbocycles. The van der Waals surface area contributed by atoms with Gasteiger partial charge in [-0.2, -0.15) is 16.3 Å². The van der Waals surface area contributed by atoms with Gasteiger partial charge in [-0.1, -0.05) is 5.16 Å². The van der Waals surface area contributed by atoms with E-state index in [-0.39, 0.29) is 12.7 Å². The molecular weight excluding hydrogens is 320 g/mol. The van der Waals surface area contributed by atoms with E-state index in [2.05, 4.69) is 10.1 Å². The molecule has 8 heteroatoms. The average molecular weight is 338 g/mol. The topological polar surface area (TPSA) is 83.7 Å². The van der Waals surface area contributed by atoms with Crippen molar-refractivity contribution in [1.29, 1.82) is 0 Å². The second kappa shape index (κ2) is 7.67. The Labute approximate surface area is 137 Å². The molecule has 0 spiro atoms. The van der Waals surface area contributed by atoms with Gasteiger partial charge in [0.2, 0.25) is 5.82 Å². The lowest BCUT2D eigenvalue weighted by atomic mass is 10.2. The third-order valence-corrected chi connectivity index (χ3v) is 4.15. The molecule has 2 unspecified atom stereocenters. The molecule has 3 heterocycles. The van der Waals surface area contributed by atoms with Crippen LogP contribution in [0.25, 0.3) is 11.5 Å². The summed E-state index contributed by atoms with van der Waals surface area (Å²) >= 11 is 1.54. The predicted octanol–water partition coefficient (Wildman–Crippen LogP) is 2.43. The number of hydrogen-bond donors (Lipinski definition) is 0. The summed E-state index contributed by atoms with van der Waals surface area (Å²) in [6.07, 6.45) is 1.44. The van der Waals surface area contributed by atoms with Crippen LogP contribution in [0.5, 0.6) is 0 Å². The third-order valence-electron chi connectivity index (χ3n) is 3.47. The molecule has 0 N–H and O–H groups in total. The molecule has 1 fully saturated rings. The van der Waals surface area contributed by atoms with Crippen molar-refractivity contribution in [3.05, 3.63) is 22.7 Å². The van der Waals surface area contributed by atoms with Crippen LogP contribution in [0.2, 0.25) is 0 Å². The Hall–Kier alpha value is -1.77. The van der Waals surface area contributed by atoms with Crippen molar-refractivity contribution in [2.24, 2.45) is 0 Å². The molecule has 1 aliphatic rings. The van der Waals surface area contributed by atoms with Crippen LogP contribution >= 0.6 is 11.3 Å². The number of carbonyl (C=O) groups excluding carboxylic acids is 1. The number of esters is 1. The van der Waals surface area contributed by atoms with Crippen LogP contribution in [0.4, 0.5) is 0 Å². The third kappa shape index (κ3) is 4.37. The highest BCUT2D eigenvalue weighted by Crippen LogP contribution is 2.20. The Bertz CT molecular complexity index is 622. The number of hydrogen-bond acceptors (Lipinski definition) is 8. The molecule has 0 amide bonds. The van der Waals surface area contributed by atoms with Gasteiger partial charge in [0, 0.05) is 12.0 Å². The lowest BCUT2D eigenvalue weighted by molar-refractivity contribution is -0.159. The van der Waals surface area contributed by atoms with Crippen molar-refractivity contribution >= 4 is 17.3 Å². The maximum atomic E-state index is 11.9. The maximum Gasteiger partial charge on any atom is 0.335 e. The van der Waals surface area contributed by atoms with Crippen LogP contribution in [0.1, 0.15) is 25.6 Å². The van der Waals surface area contributed by atoms with Crippen LogP contribution in [-0.2, 0) is 25.6 Å². The summed E-state index contributed by atoms with van der Waals surface area (Å²) in [7, 11) is 0. The summed E-state index contributed by atoms with van der Waals surface area (Å²) in [5.74, 6) is 0.288. The molecular formula is C15H18N2O5S. The fourth-order valence-electron chi connectivity index (χ4n) is 2.16. The predicted molar refractivity (Wildman–Crippen MR) is 81.8 cm³/mol. The van der Waals surface area contributed by atoms with Gasteiger partial charge >= 0.3 is 5.97 Å². The van der Waals surface area contributed by atoms with Crippen molar-refractivity contribution in [3.8, 4) is 11.5 Å². The van der Waals surface area contributed by atoms with Crippen LogP contribution in [0.15, 0.2) is 21.3 Å². The first-order valence-corrected chi connectivity index (χ1v) is 8.41. The number of ether oxygens (including phenoxy) is 3. The molecule has 2 aromatic heterocycles. The van der Waals surface area contributed by atoms with E-state index < -0.39 is 12.1 Å². The van der Waals surface area contributed by atoms with Crippen LogP contribution in [0.3, 0.4) is 0 Å². The smallest absolute Gasteiger partial charge is 0.335 e. The molecule has 23 heavy (non-hydrogen) atoms. The minimum Gasteiger partial charge on any atom is -0.455 e. The van der Waals surface area contributed by atoms with Gasteiger partial charge in [-0.3, -0.25) is 0 Å². The quantitative estimate of drug-likeness (QED) is 0.717. The Kier molecular flexibility index (Phi) is 5.37. The number of rotatable bonds is 7. The average Bonchev–Trinajstić information content (AvgIpc) is 3.32. The summed E-state index contributed by atoms with van der Waals surface area (Å²) in [6.45, 7) is 2.78. The first-order chi connectivity index (χ1) is 11.2. The Balaban J connectivity index is 1.43. The highest BCUT2D eigenvalue weighted by atomic mass is 32.1. The second-order valence-corrected chi connectivity index (χ2v) is 6.03. The van der Waals surface area contributed by atoms with Crippen molar-refractivity contribution in [1.82, 2.24) is 10.1 Å². The molecule has 0 radical (unpaired) electrons. The number of aromatic nitrogens is 2. The normalized spacial score (nSPS) is 18.9. The fourth-order valence-corrected chi connectivity index (χ4v) is 2.79. The number of nitrogens with zero attached hydrogens (tertiary/aromatic N) is 2. The highest BCUT2D eigenvalue weighted by Gasteiger charge is 2.21. The SMILES string of the molecule is CC(OCC1CCCO1)C(=O)OCc1noc(-c2ccsc2)n1. The van der Waals surface area contributed by atoms with Gasteiger partial charge in [-0.25, -0.2) is 4.79 Å². The molecule has 124 valence electrons. The summed E-state index contributed by atoms with van der Waals surface area (Å²) < 4.78 is 21.2. The number of carbonyl (C=O) groups is 1.